The number of carbonyl (C=O) groups excluding carboxylic acids is 2. The number of hydrogen-bond donors (Lipinski definition) is 3. The lowest BCUT2D eigenvalue weighted by Crippen LogP contribution is -2.62. The predicted molar refractivity (Wildman–Crippen MR) is 104 cm³/mol. The molecule has 0 saturated carbocycles. The molecule has 3 heterocycles. The van der Waals surface area contributed by atoms with Crippen LogP contribution < -0.4 is 21.9 Å². The van der Waals surface area contributed by atoms with Crippen molar-refractivity contribution in [3.05, 3.63) is 86.5 Å². The summed E-state index contributed by atoms with van der Waals surface area (Å²) in [6.07, 6.45) is -4.13. The highest BCUT2D eigenvalue weighted by molar-refractivity contribution is 6.08. The first kappa shape index (κ1) is 21.2. The number of furan rings is 1. The Kier molecular flexibility index (Phi) is 4.99. The molecule has 0 saturated heterocycles. The molecule has 1 aliphatic heterocycles. The lowest BCUT2D eigenvalue weighted by atomic mass is 9.91. The van der Waals surface area contributed by atoms with Crippen LogP contribution in [-0.2, 0) is 23.3 Å². The summed E-state index contributed by atoms with van der Waals surface area (Å²) in [5, 5.41) is 3.57. The van der Waals surface area contributed by atoms with Crippen molar-refractivity contribution in [3.8, 4) is 0 Å². The van der Waals surface area contributed by atoms with Crippen LogP contribution in [0.15, 0.2) is 62.7 Å². The largest absolute Gasteiger partial charge is 0.459 e. The van der Waals surface area contributed by atoms with Gasteiger partial charge in [-0.1, -0.05) is 30.3 Å². The first-order valence-electron chi connectivity index (χ1n) is 9.31. The molecule has 2 amide bonds. The number of nitrogens with zero attached hydrogens (tertiary/aromatic N) is 1. The number of alkyl halides is 3. The fourth-order valence-corrected chi connectivity index (χ4v) is 3.56. The highest BCUT2D eigenvalue weighted by Crippen LogP contribution is 2.45. The van der Waals surface area contributed by atoms with Crippen molar-refractivity contribution >= 4 is 17.6 Å². The molecule has 0 radical (unpaired) electrons. The third-order valence-electron chi connectivity index (χ3n) is 5.09. The molecule has 3 aromatic rings. The first-order valence-corrected chi connectivity index (χ1v) is 9.31. The van der Waals surface area contributed by atoms with E-state index in [0.717, 1.165) is 22.5 Å². The molecule has 1 aromatic carbocycles. The van der Waals surface area contributed by atoms with E-state index in [-0.39, 0.29) is 13.0 Å². The van der Waals surface area contributed by atoms with Crippen LogP contribution in [-0.4, -0.2) is 27.5 Å². The highest BCUT2D eigenvalue weighted by atomic mass is 19.4. The number of anilines is 1. The summed E-state index contributed by atoms with van der Waals surface area (Å²) in [5.74, 6) is -4.21. The average Bonchev–Trinajstić information content (AvgIpc) is 3.36. The second kappa shape index (κ2) is 7.55. The maximum absolute atomic E-state index is 14.3. The minimum atomic E-state index is -5.42. The minimum absolute atomic E-state index is 0.137. The quantitative estimate of drug-likeness (QED) is 0.546. The van der Waals surface area contributed by atoms with Gasteiger partial charge in [0.1, 0.15) is 11.4 Å². The molecular weight excluding hydrogens is 433 g/mol. The number of H-pyrrole nitrogens is 1. The van der Waals surface area contributed by atoms with Gasteiger partial charge in [-0.3, -0.25) is 23.9 Å². The number of aromatic amines is 1. The number of benzene rings is 1. The summed E-state index contributed by atoms with van der Waals surface area (Å²) in [6.45, 7) is -0.137. The predicted octanol–water partition coefficient (Wildman–Crippen LogP) is 1.51. The van der Waals surface area contributed by atoms with Gasteiger partial charge in [0.2, 0.25) is 0 Å². The van der Waals surface area contributed by atoms with E-state index in [1.807, 2.05) is 10.3 Å². The Bertz CT molecular complexity index is 1300. The van der Waals surface area contributed by atoms with Gasteiger partial charge in [0.15, 0.2) is 5.76 Å². The van der Waals surface area contributed by atoms with E-state index in [1.54, 1.807) is 35.6 Å². The van der Waals surface area contributed by atoms with Crippen LogP contribution >= 0.6 is 0 Å². The third-order valence-corrected chi connectivity index (χ3v) is 5.09. The molecule has 9 nitrogen and oxygen atoms in total. The summed E-state index contributed by atoms with van der Waals surface area (Å²) in [5.41, 5.74) is -6.52. The van der Waals surface area contributed by atoms with Crippen molar-refractivity contribution in [2.75, 3.05) is 5.32 Å². The number of hydrogen-bond acceptors (Lipinski definition) is 5. The van der Waals surface area contributed by atoms with E-state index >= 15 is 0 Å². The minimum Gasteiger partial charge on any atom is -0.459 e. The zero-order valence-corrected chi connectivity index (χ0v) is 16.2. The molecule has 0 spiro atoms. The zero-order chi connectivity index (χ0) is 23.1. The van der Waals surface area contributed by atoms with Gasteiger partial charge in [-0.2, -0.15) is 13.2 Å². The number of fused-ring (bicyclic) bond motifs is 1. The van der Waals surface area contributed by atoms with Crippen LogP contribution in [0.1, 0.15) is 21.7 Å². The lowest BCUT2D eigenvalue weighted by Gasteiger charge is -2.29. The van der Waals surface area contributed by atoms with Crippen LogP contribution in [0.5, 0.6) is 0 Å². The molecule has 0 aliphatic carbocycles. The number of nitrogens with one attached hydrogen (secondary N) is 3. The first-order chi connectivity index (χ1) is 15.1. The second-order valence-corrected chi connectivity index (χ2v) is 7.00. The summed E-state index contributed by atoms with van der Waals surface area (Å²) >= 11 is 0. The molecule has 1 unspecified atom stereocenters. The second-order valence-electron chi connectivity index (χ2n) is 7.00. The van der Waals surface area contributed by atoms with Gasteiger partial charge in [-0.25, -0.2) is 4.79 Å². The van der Waals surface area contributed by atoms with Crippen molar-refractivity contribution in [1.82, 2.24) is 14.9 Å². The Morgan fingerprint density at radius 3 is 2.44 bits per heavy atom. The number of carbonyl (C=O) groups is 2. The van der Waals surface area contributed by atoms with Gasteiger partial charge in [0, 0.05) is 6.54 Å². The molecule has 0 fully saturated rings. The maximum Gasteiger partial charge on any atom is 0.425 e. The van der Waals surface area contributed by atoms with Crippen LogP contribution in [0.25, 0.3) is 0 Å². The Balaban J connectivity index is 1.84. The Labute approximate surface area is 176 Å². The van der Waals surface area contributed by atoms with E-state index in [2.05, 4.69) is 0 Å². The van der Waals surface area contributed by atoms with Gasteiger partial charge in [-0.05, 0) is 24.1 Å². The number of amides is 2. The van der Waals surface area contributed by atoms with Crippen molar-refractivity contribution in [3.63, 3.8) is 0 Å². The maximum atomic E-state index is 14.3. The van der Waals surface area contributed by atoms with Crippen molar-refractivity contribution in [2.45, 2.75) is 24.7 Å². The SMILES string of the molecule is O=C(NC1(C(F)(F)F)C(=O)Nc2c1c(=O)[nH]c(=O)n2CCc1ccccc1)c1ccco1. The summed E-state index contributed by atoms with van der Waals surface area (Å²) < 4.78 is 48.4. The molecule has 0 bridgehead atoms. The molecule has 1 atom stereocenters. The van der Waals surface area contributed by atoms with Crippen molar-refractivity contribution < 1.29 is 27.2 Å². The van der Waals surface area contributed by atoms with E-state index in [1.165, 1.54) is 6.07 Å². The molecule has 4 rings (SSSR count). The van der Waals surface area contributed by atoms with Gasteiger partial charge >= 0.3 is 11.9 Å². The molecular formula is C20H15F3N4O5. The average molecular weight is 448 g/mol. The Morgan fingerprint density at radius 1 is 1.09 bits per heavy atom. The monoisotopic (exact) mass is 448 g/mol. The van der Waals surface area contributed by atoms with E-state index < -0.39 is 51.9 Å². The Morgan fingerprint density at radius 2 is 1.81 bits per heavy atom. The smallest absolute Gasteiger partial charge is 0.425 e. The van der Waals surface area contributed by atoms with Crippen LogP contribution in [0.4, 0.5) is 19.0 Å². The fourth-order valence-electron chi connectivity index (χ4n) is 3.56. The van der Waals surface area contributed by atoms with E-state index in [9.17, 15) is 32.3 Å². The van der Waals surface area contributed by atoms with Crippen molar-refractivity contribution in [2.24, 2.45) is 0 Å². The summed E-state index contributed by atoms with van der Waals surface area (Å²) in [7, 11) is 0. The molecule has 12 heteroatoms. The van der Waals surface area contributed by atoms with Crippen molar-refractivity contribution in [1.29, 1.82) is 0 Å². The van der Waals surface area contributed by atoms with E-state index in [0.29, 0.717) is 0 Å². The molecule has 1 aliphatic rings. The Hall–Kier alpha value is -4.09. The normalized spacial score (nSPS) is 17.7. The lowest BCUT2D eigenvalue weighted by molar-refractivity contribution is -0.196. The molecule has 2 aromatic heterocycles. The van der Waals surface area contributed by atoms with Crippen LogP contribution in [0, 0.1) is 0 Å². The van der Waals surface area contributed by atoms with Crippen LogP contribution in [0.3, 0.4) is 0 Å². The van der Waals surface area contributed by atoms with Gasteiger partial charge < -0.3 is 15.1 Å². The number of aromatic nitrogens is 2. The third kappa shape index (κ3) is 3.29. The molecule has 166 valence electrons. The number of aryl methyl sites for hydroxylation is 1. The molecule has 3 N–H and O–H groups in total. The summed E-state index contributed by atoms with van der Waals surface area (Å²) in [4.78, 5) is 51.7. The summed E-state index contributed by atoms with van der Waals surface area (Å²) in [6, 6.07) is 11.1. The highest BCUT2D eigenvalue weighted by Gasteiger charge is 2.68. The van der Waals surface area contributed by atoms with Crippen LogP contribution in [0.2, 0.25) is 0 Å². The zero-order valence-electron chi connectivity index (χ0n) is 16.2. The fraction of sp³-hybridized carbons (Fsp3) is 0.200. The number of halogens is 3. The standard InChI is InChI=1S/C20H15F3N4O5/c21-20(22,23)19(26-15(28)12-7-4-10-32-12)13-14(24-17(19)30)27(18(31)25-16(13)29)9-8-11-5-2-1-3-6-11/h1-7,10H,8-9H2,(H,24,30)(H,26,28)(H,25,29,31). The molecule has 32 heavy (non-hydrogen) atoms. The topological polar surface area (TPSA) is 126 Å². The number of rotatable bonds is 5. The van der Waals surface area contributed by atoms with E-state index in [4.69, 9.17) is 4.42 Å². The van der Waals surface area contributed by atoms with Gasteiger partial charge in [0.25, 0.3) is 22.9 Å². The van der Waals surface area contributed by atoms with Gasteiger partial charge in [0.05, 0.1) is 6.26 Å². The van der Waals surface area contributed by atoms with Gasteiger partial charge in [-0.15, -0.1) is 0 Å².